The first-order chi connectivity index (χ1) is 13.9. The molecule has 9 heteroatoms. The zero-order chi connectivity index (χ0) is 20.6. The van der Waals surface area contributed by atoms with Gasteiger partial charge >= 0.3 is 6.18 Å². The van der Waals surface area contributed by atoms with E-state index in [2.05, 4.69) is 10.2 Å². The number of fused-ring (bicyclic) bond motifs is 1. The highest BCUT2D eigenvalue weighted by Crippen LogP contribution is 2.40. The van der Waals surface area contributed by atoms with Crippen molar-refractivity contribution in [2.75, 3.05) is 38.3 Å². The highest BCUT2D eigenvalue weighted by molar-refractivity contribution is 5.85. The third-order valence-corrected chi connectivity index (χ3v) is 5.53. The van der Waals surface area contributed by atoms with Crippen LogP contribution >= 0.6 is 12.4 Å². The minimum Gasteiger partial charge on any atom is -0.495 e. The molecule has 2 aromatic rings. The van der Waals surface area contributed by atoms with Gasteiger partial charge in [-0.3, -0.25) is 0 Å². The van der Waals surface area contributed by atoms with Crippen LogP contribution in [0.15, 0.2) is 36.4 Å². The number of piperidine rings is 1. The molecule has 0 bridgehead atoms. The van der Waals surface area contributed by atoms with Crippen molar-refractivity contribution in [2.24, 2.45) is 0 Å². The summed E-state index contributed by atoms with van der Waals surface area (Å²) >= 11 is 0. The molecule has 0 saturated carbocycles. The molecule has 0 amide bonds. The molecule has 2 fully saturated rings. The number of nitrogens with one attached hydrogen (secondary N) is 1. The van der Waals surface area contributed by atoms with E-state index in [0.29, 0.717) is 24.6 Å². The molecule has 4 nitrogen and oxygen atoms in total. The van der Waals surface area contributed by atoms with Crippen molar-refractivity contribution in [1.82, 2.24) is 5.32 Å². The van der Waals surface area contributed by atoms with E-state index in [4.69, 9.17) is 9.47 Å². The fourth-order valence-corrected chi connectivity index (χ4v) is 4.13. The Morgan fingerprint density at radius 1 is 1.20 bits per heavy atom. The lowest BCUT2D eigenvalue weighted by Crippen LogP contribution is -2.58. The summed E-state index contributed by atoms with van der Waals surface area (Å²) in [5, 5.41) is 3.30. The Morgan fingerprint density at radius 3 is 2.73 bits per heavy atom. The molecule has 0 aliphatic carbocycles. The average Bonchev–Trinajstić information content (AvgIpc) is 2.72. The molecule has 4 rings (SSSR count). The molecule has 0 radical (unpaired) electrons. The number of methoxy groups -OCH3 is 1. The molecule has 2 atom stereocenters. The number of halogens is 5. The first-order valence-corrected chi connectivity index (χ1v) is 9.52. The Hall–Kier alpha value is -2.03. The Kier molecular flexibility index (Phi) is 6.79. The van der Waals surface area contributed by atoms with Crippen LogP contribution in [0.4, 0.5) is 23.2 Å². The van der Waals surface area contributed by atoms with Gasteiger partial charge in [-0.2, -0.15) is 13.2 Å². The van der Waals surface area contributed by atoms with Gasteiger partial charge in [-0.1, -0.05) is 12.1 Å². The van der Waals surface area contributed by atoms with Gasteiger partial charge in [0.05, 0.1) is 37.1 Å². The van der Waals surface area contributed by atoms with Crippen molar-refractivity contribution in [1.29, 1.82) is 0 Å². The van der Waals surface area contributed by atoms with Crippen LogP contribution in [0.5, 0.6) is 5.75 Å². The van der Waals surface area contributed by atoms with E-state index < -0.39 is 17.6 Å². The number of benzene rings is 2. The minimum atomic E-state index is -4.49. The van der Waals surface area contributed by atoms with Crippen LogP contribution in [0.3, 0.4) is 0 Å². The molecule has 164 valence electrons. The number of morpholine rings is 1. The number of hydrogen-bond donors (Lipinski definition) is 1. The van der Waals surface area contributed by atoms with Crippen molar-refractivity contribution in [3.05, 3.63) is 47.8 Å². The van der Waals surface area contributed by atoms with E-state index in [-0.39, 0.29) is 35.7 Å². The van der Waals surface area contributed by atoms with Crippen LogP contribution in [0.1, 0.15) is 12.0 Å². The summed E-state index contributed by atoms with van der Waals surface area (Å²) in [7, 11) is 1.48. The van der Waals surface area contributed by atoms with Gasteiger partial charge in [-0.25, -0.2) is 4.39 Å². The normalized spacial score (nSPS) is 21.6. The van der Waals surface area contributed by atoms with E-state index in [1.165, 1.54) is 31.4 Å². The summed E-state index contributed by atoms with van der Waals surface area (Å²) in [6.07, 6.45) is -3.63. The largest absolute Gasteiger partial charge is 0.495 e. The third kappa shape index (κ3) is 4.36. The maximum atomic E-state index is 15.1. The number of hydrogen-bond acceptors (Lipinski definition) is 4. The summed E-state index contributed by atoms with van der Waals surface area (Å²) in [5.74, 6) is -0.157. The number of nitrogens with zero attached hydrogens (tertiary/aromatic N) is 1. The van der Waals surface area contributed by atoms with Crippen LogP contribution in [0.25, 0.3) is 11.1 Å². The molecule has 0 aromatic heterocycles. The quantitative estimate of drug-likeness (QED) is 0.703. The van der Waals surface area contributed by atoms with Gasteiger partial charge in [-0.15, -0.1) is 12.4 Å². The van der Waals surface area contributed by atoms with Crippen molar-refractivity contribution >= 4 is 18.1 Å². The summed E-state index contributed by atoms with van der Waals surface area (Å²) in [6, 6.07) is 7.60. The summed E-state index contributed by atoms with van der Waals surface area (Å²) in [4.78, 5) is 2.09. The lowest BCUT2D eigenvalue weighted by atomic mass is 9.97. The SMILES string of the molecule is COc1cc(-c2cccc(C(F)(F)F)c2)c(F)cc1N1CCO[C@H]2CNCC[C@@H]21.Cl. The molecule has 2 heterocycles. The second-order valence-electron chi connectivity index (χ2n) is 7.25. The molecular weight excluding hydrogens is 424 g/mol. The van der Waals surface area contributed by atoms with E-state index in [1.807, 2.05) is 0 Å². The molecule has 2 aliphatic heterocycles. The van der Waals surface area contributed by atoms with Crippen molar-refractivity contribution < 1.29 is 27.0 Å². The second kappa shape index (κ2) is 8.99. The van der Waals surface area contributed by atoms with Gasteiger partial charge in [0.2, 0.25) is 0 Å². The van der Waals surface area contributed by atoms with Crippen LogP contribution in [0, 0.1) is 5.82 Å². The van der Waals surface area contributed by atoms with Gasteiger partial charge in [0, 0.05) is 24.7 Å². The van der Waals surface area contributed by atoms with Crippen molar-refractivity contribution in [2.45, 2.75) is 24.7 Å². The fourth-order valence-electron chi connectivity index (χ4n) is 4.13. The van der Waals surface area contributed by atoms with Crippen LogP contribution < -0.4 is 15.0 Å². The Labute approximate surface area is 178 Å². The van der Waals surface area contributed by atoms with E-state index in [1.54, 1.807) is 0 Å². The lowest BCUT2D eigenvalue weighted by Gasteiger charge is -2.45. The number of anilines is 1. The number of rotatable bonds is 3. The zero-order valence-corrected chi connectivity index (χ0v) is 17.2. The Morgan fingerprint density at radius 2 is 2.00 bits per heavy atom. The van der Waals surface area contributed by atoms with E-state index in [0.717, 1.165) is 31.6 Å². The molecule has 0 spiro atoms. The van der Waals surface area contributed by atoms with Gasteiger partial charge in [0.25, 0.3) is 0 Å². The molecule has 1 N–H and O–H groups in total. The van der Waals surface area contributed by atoms with Crippen LogP contribution in [-0.4, -0.2) is 45.5 Å². The van der Waals surface area contributed by atoms with Crippen molar-refractivity contribution in [3.8, 4) is 16.9 Å². The molecule has 30 heavy (non-hydrogen) atoms. The van der Waals surface area contributed by atoms with E-state index >= 15 is 4.39 Å². The molecular formula is C21H23ClF4N2O2. The minimum absolute atomic E-state index is 0. The number of ether oxygens (including phenoxy) is 2. The lowest BCUT2D eigenvalue weighted by molar-refractivity contribution is -0.137. The highest BCUT2D eigenvalue weighted by Gasteiger charge is 2.36. The first-order valence-electron chi connectivity index (χ1n) is 9.52. The average molecular weight is 447 g/mol. The summed E-state index contributed by atoms with van der Waals surface area (Å²) in [6.45, 7) is 2.69. The fraction of sp³-hybridized carbons (Fsp3) is 0.429. The Bertz CT molecular complexity index is 892. The maximum absolute atomic E-state index is 15.1. The molecule has 0 unspecified atom stereocenters. The maximum Gasteiger partial charge on any atom is 0.416 e. The zero-order valence-electron chi connectivity index (χ0n) is 16.3. The van der Waals surface area contributed by atoms with Gasteiger partial charge in [0.1, 0.15) is 11.6 Å². The highest BCUT2D eigenvalue weighted by atomic mass is 35.5. The predicted octanol–water partition coefficient (Wildman–Crippen LogP) is 4.51. The van der Waals surface area contributed by atoms with E-state index in [9.17, 15) is 13.2 Å². The summed E-state index contributed by atoms with van der Waals surface area (Å²) in [5.41, 5.74) is 0.0137. The summed E-state index contributed by atoms with van der Waals surface area (Å²) < 4.78 is 65.5. The third-order valence-electron chi connectivity index (χ3n) is 5.53. The van der Waals surface area contributed by atoms with Gasteiger partial charge in [0.15, 0.2) is 0 Å². The molecule has 2 aliphatic rings. The smallest absolute Gasteiger partial charge is 0.416 e. The van der Waals surface area contributed by atoms with Crippen LogP contribution in [0.2, 0.25) is 0 Å². The standard InChI is InChI=1S/C21H22F4N2O2.ClH/c1-28-19-10-15(13-3-2-4-14(9-13)21(23,24)25)16(22)11-18(19)27-7-8-29-20-12-26-6-5-17(20)27;/h2-4,9-11,17,20,26H,5-8,12H2,1H3;1H/t17-,20-;/m0./s1. The van der Waals surface area contributed by atoms with Crippen LogP contribution in [-0.2, 0) is 10.9 Å². The van der Waals surface area contributed by atoms with Gasteiger partial charge < -0.3 is 19.7 Å². The second-order valence-corrected chi connectivity index (χ2v) is 7.25. The number of alkyl halides is 3. The Balaban J connectivity index is 0.00000256. The molecule has 2 aromatic carbocycles. The molecule has 2 saturated heterocycles. The monoisotopic (exact) mass is 446 g/mol. The first kappa shape index (κ1) is 22.7. The van der Waals surface area contributed by atoms with Crippen molar-refractivity contribution in [3.63, 3.8) is 0 Å². The topological polar surface area (TPSA) is 33.7 Å². The van der Waals surface area contributed by atoms with Gasteiger partial charge in [-0.05, 0) is 36.7 Å². The predicted molar refractivity (Wildman–Crippen MR) is 109 cm³/mol.